The van der Waals surface area contributed by atoms with Gasteiger partial charge in [-0.2, -0.15) is 0 Å². The van der Waals surface area contributed by atoms with Gasteiger partial charge in [-0.15, -0.1) is 0 Å². The van der Waals surface area contributed by atoms with Crippen LogP contribution in [0, 0.1) is 0 Å². The molecule has 0 heterocycles. The average Bonchev–Trinajstić information content (AvgIpc) is 2.37. The molecular weight excluding hydrogens is 312 g/mol. The maximum atomic E-state index is 10.6. The van der Waals surface area contributed by atoms with Crippen LogP contribution >= 0.6 is 15.9 Å². The summed E-state index contributed by atoms with van der Waals surface area (Å²) in [6.45, 7) is 3.30. The summed E-state index contributed by atoms with van der Waals surface area (Å²) >= 11 is 3.34. The fourth-order valence-electron chi connectivity index (χ4n) is 1.38. The van der Waals surface area contributed by atoms with Crippen LogP contribution in [0.5, 0.6) is 5.75 Å². The molecule has 106 valence electrons. The number of hydrogen-bond acceptors (Lipinski definition) is 4. The number of amides is 1. The second-order valence-corrected chi connectivity index (χ2v) is 5.02. The normalized spacial score (nSPS) is 11.9. The molecule has 19 heavy (non-hydrogen) atoms. The number of aliphatic hydroxyl groups excluding tert-OH is 1. The number of hydrogen-bond donors (Lipinski definition) is 3. The highest BCUT2D eigenvalue weighted by atomic mass is 79.9. The molecule has 1 aromatic carbocycles. The zero-order chi connectivity index (χ0) is 14.1. The minimum atomic E-state index is -0.582. The summed E-state index contributed by atoms with van der Waals surface area (Å²) in [6, 6.07) is 7.43. The van der Waals surface area contributed by atoms with Gasteiger partial charge in [-0.05, 0) is 24.3 Å². The van der Waals surface area contributed by atoms with E-state index in [1.807, 2.05) is 24.3 Å². The monoisotopic (exact) mass is 330 g/mol. The third kappa shape index (κ3) is 7.81. The molecule has 0 spiro atoms. The topological polar surface area (TPSA) is 70.6 Å². The number of aliphatic hydroxyl groups is 1. The van der Waals surface area contributed by atoms with Gasteiger partial charge >= 0.3 is 0 Å². The van der Waals surface area contributed by atoms with Crippen molar-refractivity contribution in [2.24, 2.45) is 0 Å². The van der Waals surface area contributed by atoms with E-state index in [2.05, 4.69) is 26.6 Å². The zero-order valence-corrected chi connectivity index (χ0v) is 12.4. The van der Waals surface area contributed by atoms with Gasteiger partial charge in [0.15, 0.2) is 0 Å². The first-order valence-corrected chi connectivity index (χ1v) is 6.89. The highest BCUT2D eigenvalue weighted by Crippen LogP contribution is 2.16. The van der Waals surface area contributed by atoms with Crippen molar-refractivity contribution in [3.8, 4) is 5.75 Å². The lowest BCUT2D eigenvalue weighted by molar-refractivity contribution is -0.118. The lowest BCUT2D eigenvalue weighted by Gasteiger charge is -2.13. The first-order chi connectivity index (χ1) is 9.08. The number of ether oxygens (including phenoxy) is 1. The van der Waals surface area contributed by atoms with Gasteiger partial charge in [0, 0.05) is 31.0 Å². The highest BCUT2D eigenvalue weighted by molar-refractivity contribution is 9.10. The Morgan fingerprint density at radius 2 is 2.05 bits per heavy atom. The minimum absolute atomic E-state index is 0.0547. The van der Waals surface area contributed by atoms with Crippen LogP contribution in [-0.2, 0) is 4.79 Å². The molecule has 0 saturated heterocycles. The number of halogens is 1. The largest absolute Gasteiger partial charge is 0.491 e. The van der Waals surface area contributed by atoms with E-state index in [9.17, 15) is 9.90 Å². The van der Waals surface area contributed by atoms with Gasteiger partial charge in [-0.1, -0.05) is 15.9 Å². The van der Waals surface area contributed by atoms with Crippen molar-refractivity contribution in [2.75, 3.05) is 26.2 Å². The second kappa shape index (κ2) is 8.90. The van der Waals surface area contributed by atoms with Crippen molar-refractivity contribution in [3.63, 3.8) is 0 Å². The Kier molecular flexibility index (Phi) is 7.47. The predicted molar refractivity (Wildman–Crippen MR) is 77.2 cm³/mol. The molecule has 1 aromatic rings. The van der Waals surface area contributed by atoms with E-state index < -0.39 is 6.10 Å². The fraction of sp³-hybridized carbons (Fsp3) is 0.462. The molecule has 0 aliphatic carbocycles. The van der Waals surface area contributed by atoms with E-state index in [0.29, 0.717) is 19.6 Å². The van der Waals surface area contributed by atoms with E-state index in [1.165, 1.54) is 6.92 Å². The molecule has 0 saturated carbocycles. The molecule has 0 fully saturated rings. The summed E-state index contributed by atoms with van der Waals surface area (Å²) in [5.41, 5.74) is 0. The van der Waals surface area contributed by atoms with E-state index in [1.54, 1.807) is 0 Å². The maximum absolute atomic E-state index is 10.6. The summed E-state index contributed by atoms with van der Waals surface area (Å²) in [6.07, 6.45) is -0.582. The van der Waals surface area contributed by atoms with E-state index in [-0.39, 0.29) is 12.5 Å². The molecule has 0 aromatic heterocycles. The quantitative estimate of drug-likeness (QED) is 0.620. The lowest BCUT2D eigenvalue weighted by atomic mass is 10.3. The molecule has 0 radical (unpaired) electrons. The SMILES string of the molecule is CC(=O)NCCNCC(O)COc1ccc(Br)cc1. The summed E-state index contributed by atoms with van der Waals surface area (Å²) in [7, 11) is 0. The second-order valence-electron chi connectivity index (χ2n) is 4.11. The molecule has 0 bridgehead atoms. The standard InChI is InChI=1S/C13H19BrN2O3/c1-10(17)16-7-6-15-8-12(18)9-19-13-4-2-11(14)3-5-13/h2-5,12,15,18H,6-9H2,1H3,(H,16,17). The van der Waals surface area contributed by atoms with Crippen LogP contribution < -0.4 is 15.4 Å². The molecule has 6 heteroatoms. The van der Waals surface area contributed by atoms with Gasteiger partial charge in [0.1, 0.15) is 18.5 Å². The Bertz CT molecular complexity index is 384. The van der Waals surface area contributed by atoms with Crippen molar-refractivity contribution in [3.05, 3.63) is 28.7 Å². The Morgan fingerprint density at radius 1 is 1.37 bits per heavy atom. The van der Waals surface area contributed by atoms with Crippen LogP contribution in [0.3, 0.4) is 0 Å². The Balaban J connectivity index is 2.09. The number of carbonyl (C=O) groups excluding carboxylic acids is 1. The predicted octanol–water partition coefficient (Wildman–Crippen LogP) is 0.915. The van der Waals surface area contributed by atoms with E-state index in [0.717, 1.165) is 10.2 Å². The Labute approximate surface area is 121 Å². The summed E-state index contributed by atoms with van der Waals surface area (Å²) in [5.74, 6) is 0.668. The first-order valence-electron chi connectivity index (χ1n) is 6.09. The zero-order valence-electron chi connectivity index (χ0n) is 10.9. The number of benzene rings is 1. The van der Waals surface area contributed by atoms with Gasteiger partial charge < -0.3 is 20.5 Å². The highest BCUT2D eigenvalue weighted by Gasteiger charge is 2.04. The maximum Gasteiger partial charge on any atom is 0.216 e. The molecule has 1 amide bonds. The lowest BCUT2D eigenvalue weighted by Crippen LogP contribution is -2.36. The van der Waals surface area contributed by atoms with Gasteiger partial charge in [-0.25, -0.2) is 0 Å². The van der Waals surface area contributed by atoms with E-state index >= 15 is 0 Å². The third-order valence-corrected chi connectivity index (χ3v) is 2.84. The van der Waals surface area contributed by atoms with Gasteiger partial charge in [-0.3, -0.25) is 4.79 Å². The Hall–Kier alpha value is -1.11. The number of rotatable bonds is 8. The van der Waals surface area contributed by atoms with Crippen LogP contribution in [0.25, 0.3) is 0 Å². The van der Waals surface area contributed by atoms with Crippen molar-refractivity contribution >= 4 is 21.8 Å². The summed E-state index contributed by atoms with van der Waals surface area (Å²) in [5, 5.41) is 15.4. The van der Waals surface area contributed by atoms with Crippen molar-refractivity contribution in [2.45, 2.75) is 13.0 Å². The molecule has 1 atom stereocenters. The van der Waals surface area contributed by atoms with Gasteiger partial charge in [0.25, 0.3) is 0 Å². The van der Waals surface area contributed by atoms with Gasteiger partial charge in [0.2, 0.25) is 5.91 Å². The molecule has 5 nitrogen and oxygen atoms in total. The van der Waals surface area contributed by atoms with Crippen molar-refractivity contribution in [1.82, 2.24) is 10.6 Å². The van der Waals surface area contributed by atoms with E-state index in [4.69, 9.17) is 4.74 Å². The minimum Gasteiger partial charge on any atom is -0.491 e. The van der Waals surface area contributed by atoms with Crippen LogP contribution in [0.2, 0.25) is 0 Å². The molecule has 1 unspecified atom stereocenters. The van der Waals surface area contributed by atoms with Crippen molar-refractivity contribution in [1.29, 1.82) is 0 Å². The number of carbonyl (C=O) groups is 1. The molecule has 3 N–H and O–H groups in total. The Morgan fingerprint density at radius 3 is 2.68 bits per heavy atom. The first kappa shape index (κ1) is 15.9. The van der Waals surface area contributed by atoms with Crippen LogP contribution in [0.15, 0.2) is 28.7 Å². The van der Waals surface area contributed by atoms with Crippen molar-refractivity contribution < 1.29 is 14.6 Å². The average molecular weight is 331 g/mol. The smallest absolute Gasteiger partial charge is 0.216 e. The summed E-state index contributed by atoms with van der Waals surface area (Å²) in [4.78, 5) is 10.6. The molecular formula is C13H19BrN2O3. The fourth-order valence-corrected chi connectivity index (χ4v) is 1.64. The third-order valence-electron chi connectivity index (χ3n) is 2.31. The van der Waals surface area contributed by atoms with Gasteiger partial charge in [0.05, 0.1) is 0 Å². The van der Waals surface area contributed by atoms with Crippen LogP contribution in [0.4, 0.5) is 0 Å². The molecule has 0 aliphatic rings. The van der Waals surface area contributed by atoms with Crippen LogP contribution in [-0.4, -0.2) is 43.4 Å². The summed E-state index contributed by atoms with van der Waals surface area (Å²) < 4.78 is 6.42. The van der Waals surface area contributed by atoms with Crippen LogP contribution in [0.1, 0.15) is 6.92 Å². The molecule has 1 rings (SSSR count). The molecule has 0 aliphatic heterocycles. The number of nitrogens with one attached hydrogen (secondary N) is 2.